The Labute approximate surface area is 154 Å². The Kier molecular flexibility index (Phi) is 6.82. The van der Waals surface area contributed by atoms with Crippen molar-refractivity contribution >= 4 is 33.5 Å². The van der Waals surface area contributed by atoms with Gasteiger partial charge in [0.25, 0.3) is 5.91 Å². The number of halogens is 1. The number of para-hydroxylation sites is 2. The van der Waals surface area contributed by atoms with E-state index in [-0.39, 0.29) is 5.56 Å². The fourth-order valence-electron chi connectivity index (χ4n) is 2.03. The monoisotopic (exact) mass is 407 g/mol. The van der Waals surface area contributed by atoms with Crippen LogP contribution in [-0.2, 0) is 9.53 Å². The molecule has 0 aliphatic carbocycles. The highest BCUT2D eigenvalue weighted by Gasteiger charge is 2.15. The molecule has 6 nitrogen and oxygen atoms in total. The topological polar surface area (TPSA) is 73.9 Å². The normalized spacial score (nSPS) is 10.0. The number of hydrogen-bond acceptors (Lipinski definition) is 5. The molecule has 0 bridgehead atoms. The molecule has 2 aromatic rings. The molecular formula is C18H18BrNO5. The summed E-state index contributed by atoms with van der Waals surface area (Å²) in [5.41, 5.74) is 0.801. The fraction of sp³-hybridized carbons (Fsp3) is 0.222. The van der Waals surface area contributed by atoms with E-state index in [1.165, 1.54) is 13.2 Å². The molecule has 0 unspecified atom stereocenters. The van der Waals surface area contributed by atoms with Crippen LogP contribution in [0.2, 0.25) is 0 Å². The molecule has 7 heteroatoms. The Morgan fingerprint density at radius 2 is 1.92 bits per heavy atom. The van der Waals surface area contributed by atoms with E-state index in [2.05, 4.69) is 21.2 Å². The zero-order valence-electron chi connectivity index (χ0n) is 13.9. The van der Waals surface area contributed by atoms with Gasteiger partial charge in [-0.15, -0.1) is 0 Å². The van der Waals surface area contributed by atoms with Gasteiger partial charge >= 0.3 is 5.97 Å². The zero-order valence-corrected chi connectivity index (χ0v) is 15.5. The second-order valence-corrected chi connectivity index (χ2v) is 5.75. The van der Waals surface area contributed by atoms with Crippen LogP contribution in [0.1, 0.15) is 17.3 Å². The summed E-state index contributed by atoms with van der Waals surface area (Å²) in [5.74, 6) is -0.0102. The summed E-state index contributed by atoms with van der Waals surface area (Å²) in [5, 5.41) is 2.66. The molecular weight excluding hydrogens is 390 g/mol. The molecule has 0 saturated carbocycles. The van der Waals surface area contributed by atoms with Crippen LogP contribution in [0.5, 0.6) is 11.5 Å². The number of hydrogen-bond donors (Lipinski definition) is 1. The first-order valence-corrected chi connectivity index (χ1v) is 8.36. The first kappa shape index (κ1) is 18.8. The maximum absolute atomic E-state index is 12.1. The van der Waals surface area contributed by atoms with Gasteiger partial charge in [0.05, 0.1) is 25.0 Å². The second-order valence-electron chi connectivity index (χ2n) is 4.90. The third kappa shape index (κ3) is 5.22. The van der Waals surface area contributed by atoms with Crippen molar-refractivity contribution < 1.29 is 23.8 Å². The highest BCUT2D eigenvalue weighted by Crippen LogP contribution is 2.24. The predicted molar refractivity (Wildman–Crippen MR) is 97.2 cm³/mol. The van der Waals surface area contributed by atoms with E-state index < -0.39 is 18.5 Å². The van der Waals surface area contributed by atoms with Crippen molar-refractivity contribution in [2.24, 2.45) is 0 Å². The predicted octanol–water partition coefficient (Wildman–Crippen LogP) is 3.65. The van der Waals surface area contributed by atoms with Crippen molar-refractivity contribution in [1.82, 2.24) is 0 Å². The molecule has 0 saturated heterocycles. The lowest BCUT2D eigenvalue weighted by Crippen LogP contribution is -2.21. The quantitative estimate of drug-likeness (QED) is 0.708. The van der Waals surface area contributed by atoms with Gasteiger partial charge in [-0.25, -0.2) is 4.79 Å². The van der Waals surface area contributed by atoms with Gasteiger partial charge in [-0.05, 0) is 53.2 Å². The van der Waals surface area contributed by atoms with Crippen molar-refractivity contribution in [3.8, 4) is 11.5 Å². The molecule has 0 atom stereocenters. The molecule has 0 fully saturated rings. The summed E-state index contributed by atoms with van der Waals surface area (Å²) in [7, 11) is 1.50. The summed E-state index contributed by atoms with van der Waals surface area (Å²) >= 11 is 3.27. The zero-order chi connectivity index (χ0) is 18.2. The SMILES string of the molecule is CCOc1ccccc1NC(=O)COC(=O)c1cc(OC)ccc1Br. The Balaban J connectivity index is 1.97. The van der Waals surface area contributed by atoms with Crippen LogP contribution in [0.4, 0.5) is 5.69 Å². The van der Waals surface area contributed by atoms with Crippen molar-refractivity contribution in [2.75, 3.05) is 25.6 Å². The van der Waals surface area contributed by atoms with Gasteiger partial charge in [-0.1, -0.05) is 12.1 Å². The molecule has 0 spiro atoms. The fourth-order valence-corrected chi connectivity index (χ4v) is 2.44. The Morgan fingerprint density at radius 1 is 1.16 bits per heavy atom. The molecule has 0 aromatic heterocycles. The molecule has 2 rings (SSSR count). The molecule has 25 heavy (non-hydrogen) atoms. The van der Waals surface area contributed by atoms with Gasteiger partial charge in [-0.3, -0.25) is 4.79 Å². The highest BCUT2D eigenvalue weighted by molar-refractivity contribution is 9.10. The molecule has 2 aromatic carbocycles. The van der Waals surface area contributed by atoms with Crippen LogP contribution in [-0.4, -0.2) is 32.2 Å². The van der Waals surface area contributed by atoms with E-state index in [4.69, 9.17) is 14.2 Å². The number of methoxy groups -OCH3 is 1. The van der Waals surface area contributed by atoms with Crippen molar-refractivity contribution in [1.29, 1.82) is 0 Å². The average molecular weight is 408 g/mol. The lowest BCUT2D eigenvalue weighted by atomic mass is 10.2. The van der Waals surface area contributed by atoms with Crippen LogP contribution in [0.25, 0.3) is 0 Å². The van der Waals surface area contributed by atoms with Crippen LogP contribution >= 0.6 is 15.9 Å². The summed E-state index contributed by atoms with van der Waals surface area (Å²) in [6.07, 6.45) is 0. The molecule has 0 aliphatic rings. The van der Waals surface area contributed by atoms with Gasteiger partial charge in [0.15, 0.2) is 6.61 Å². The Morgan fingerprint density at radius 3 is 2.64 bits per heavy atom. The second kappa shape index (κ2) is 9.08. The van der Waals surface area contributed by atoms with Gasteiger partial charge in [0, 0.05) is 4.47 Å². The number of nitrogens with one attached hydrogen (secondary N) is 1. The van der Waals surface area contributed by atoms with Gasteiger partial charge < -0.3 is 19.5 Å². The minimum Gasteiger partial charge on any atom is -0.497 e. The van der Waals surface area contributed by atoms with E-state index in [9.17, 15) is 9.59 Å². The molecule has 132 valence electrons. The van der Waals surface area contributed by atoms with Crippen molar-refractivity contribution in [3.05, 3.63) is 52.5 Å². The summed E-state index contributed by atoms with van der Waals surface area (Å²) in [4.78, 5) is 24.2. The maximum atomic E-state index is 12.1. The number of ether oxygens (including phenoxy) is 3. The molecule has 0 radical (unpaired) electrons. The smallest absolute Gasteiger partial charge is 0.339 e. The van der Waals surface area contributed by atoms with Gasteiger partial charge in [-0.2, -0.15) is 0 Å². The van der Waals surface area contributed by atoms with E-state index in [1.54, 1.807) is 36.4 Å². The van der Waals surface area contributed by atoms with Crippen LogP contribution < -0.4 is 14.8 Å². The van der Waals surface area contributed by atoms with Gasteiger partial charge in [0.1, 0.15) is 11.5 Å². The number of carbonyl (C=O) groups is 2. The molecule has 0 heterocycles. The lowest BCUT2D eigenvalue weighted by Gasteiger charge is -2.12. The number of esters is 1. The average Bonchev–Trinajstić information content (AvgIpc) is 2.62. The third-order valence-electron chi connectivity index (χ3n) is 3.19. The number of carbonyl (C=O) groups excluding carboxylic acids is 2. The summed E-state index contributed by atoms with van der Waals surface area (Å²) < 4.78 is 16.1. The first-order chi connectivity index (χ1) is 12.0. The highest BCUT2D eigenvalue weighted by atomic mass is 79.9. The Hall–Kier alpha value is -2.54. The first-order valence-electron chi connectivity index (χ1n) is 7.57. The Bertz CT molecular complexity index is 763. The maximum Gasteiger partial charge on any atom is 0.339 e. The summed E-state index contributed by atoms with van der Waals surface area (Å²) in [6, 6.07) is 12.0. The van der Waals surface area contributed by atoms with Crippen LogP contribution in [0.15, 0.2) is 46.9 Å². The van der Waals surface area contributed by atoms with Crippen LogP contribution in [0.3, 0.4) is 0 Å². The number of rotatable bonds is 7. The number of benzene rings is 2. The van der Waals surface area contributed by atoms with E-state index in [0.717, 1.165) is 0 Å². The molecule has 1 N–H and O–H groups in total. The largest absolute Gasteiger partial charge is 0.497 e. The number of anilines is 1. The summed E-state index contributed by atoms with van der Waals surface area (Å²) in [6.45, 7) is 1.92. The van der Waals surface area contributed by atoms with E-state index in [0.29, 0.717) is 28.3 Å². The third-order valence-corrected chi connectivity index (χ3v) is 3.88. The van der Waals surface area contributed by atoms with Gasteiger partial charge in [0.2, 0.25) is 0 Å². The molecule has 1 amide bonds. The minimum atomic E-state index is -0.626. The van der Waals surface area contributed by atoms with Crippen molar-refractivity contribution in [3.63, 3.8) is 0 Å². The van der Waals surface area contributed by atoms with E-state index >= 15 is 0 Å². The van der Waals surface area contributed by atoms with Crippen molar-refractivity contribution in [2.45, 2.75) is 6.92 Å². The standard InChI is InChI=1S/C18H18BrNO5/c1-3-24-16-7-5-4-6-15(16)20-17(21)11-25-18(22)13-10-12(23-2)8-9-14(13)19/h4-10H,3,11H2,1-2H3,(H,20,21). The molecule has 0 aliphatic heterocycles. The van der Waals surface area contributed by atoms with E-state index in [1.807, 2.05) is 6.92 Å². The number of amides is 1. The lowest BCUT2D eigenvalue weighted by molar-refractivity contribution is -0.119. The minimum absolute atomic E-state index is 0.280. The van der Waals surface area contributed by atoms with Crippen LogP contribution in [0, 0.1) is 0 Å².